The standard InChI is InChI=1S/C11H12N2O2/c1-15-8-4-2-3-7-9(8)13-11(5-6-11)10(14)12-7/h2-4,13H,5-6H2,1H3,(H,12,14). The van der Waals surface area contributed by atoms with E-state index in [1.165, 1.54) is 0 Å². The van der Waals surface area contributed by atoms with E-state index in [-0.39, 0.29) is 11.4 Å². The van der Waals surface area contributed by atoms with Gasteiger partial charge in [0.25, 0.3) is 0 Å². The smallest absolute Gasteiger partial charge is 0.250 e. The van der Waals surface area contributed by atoms with Crippen molar-refractivity contribution >= 4 is 17.3 Å². The average Bonchev–Trinajstić information content (AvgIpc) is 3.00. The molecule has 0 bridgehead atoms. The molecule has 2 aliphatic rings. The molecule has 1 amide bonds. The highest BCUT2D eigenvalue weighted by Crippen LogP contribution is 2.47. The number of methoxy groups -OCH3 is 1. The summed E-state index contributed by atoms with van der Waals surface area (Å²) in [6, 6.07) is 5.63. The third-order valence-electron chi connectivity index (χ3n) is 3.04. The molecule has 1 aromatic rings. The fourth-order valence-electron chi connectivity index (χ4n) is 1.95. The number of amides is 1. The van der Waals surface area contributed by atoms with Crippen LogP contribution in [0.5, 0.6) is 5.75 Å². The van der Waals surface area contributed by atoms with E-state index in [0.717, 1.165) is 30.0 Å². The van der Waals surface area contributed by atoms with Crippen molar-refractivity contribution in [1.82, 2.24) is 0 Å². The van der Waals surface area contributed by atoms with Gasteiger partial charge in [0, 0.05) is 0 Å². The van der Waals surface area contributed by atoms with Crippen molar-refractivity contribution in [2.24, 2.45) is 0 Å². The molecule has 4 nitrogen and oxygen atoms in total. The molecule has 4 heteroatoms. The minimum absolute atomic E-state index is 0.0725. The number of carbonyl (C=O) groups excluding carboxylic acids is 1. The number of carbonyl (C=O) groups is 1. The Morgan fingerprint density at radius 3 is 2.87 bits per heavy atom. The first-order valence-electron chi connectivity index (χ1n) is 5.02. The van der Waals surface area contributed by atoms with Gasteiger partial charge in [0.1, 0.15) is 17.0 Å². The predicted octanol–water partition coefficient (Wildman–Crippen LogP) is 1.59. The summed E-state index contributed by atoms with van der Waals surface area (Å²) >= 11 is 0. The van der Waals surface area contributed by atoms with Crippen LogP contribution in [0.3, 0.4) is 0 Å². The minimum atomic E-state index is -0.359. The lowest BCUT2D eigenvalue weighted by Gasteiger charge is -2.27. The van der Waals surface area contributed by atoms with Crippen molar-refractivity contribution in [2.45, 2.75) is 18.4 Å². The van der Waals surface area contributed by atoms with E-state index in [2.05, 4.69) is 10.6 Å². The lowest BCUT2D eigenvalue weighted by molar-refractivity contribution is -0.117. The number of anilines is 2. The maximum Gasteiger partial charge on any atom is 0.250 e. The molecule has 1 fully saturated rings. The van der Waals surface area contributed by atoms with Gasteiger partial charge in [-0.2, -0.15) is 0 Å². The number of hydrogen-bond donors (Lipinski definition) is 2. The zero-order chi connectivity index (χ0) is 10.5. The highest BCUT2D eigenvalue weighted by molar-refractivity contribution is 6.08. The van der Waals surface area contributed by atoms with Gasteiger partial charge in [-0.25, -0.2) is 0 Å². The van der Waals surface area contributed by atoms with Crippen molar-refractivity contribution in [1.29, 1.82) is 0 Å². The number of ether oxygens (including phenoxy) is 1. The SMILES string of the molecule is COc1cccc2c1NC1(CC1)C(=O)N2. The number of para-hydroxylation sites is 1. The first kappa shape index (κ1) is 8.59. The van der Waals surface area contributed by atoms with Crippen molar-refractivity contribution < 1.29 is 9.53 Å². The van der Waals surface area contributed by atoms with E-state index in [4.69, 9.17) is 4.74 Å². The molecule has 0 atom stereocenters. The molecular weight excluding hydrogens is 192 g/mol. The second-order valence-electron chi connectivity index (χ2n) is 4.04. The van der Waals surface area contributed by atoms with Gasteiger partial charge < -0.3 is 15.4 Å². The highest BCUT2D eigenvalue weighted by atomic mass is 16.5. The van der Waals surface area contributed by atoms with Crippen LogP contribution in [0.2, 0.25) is 0 Å². The Hall–Kier alpha value is -1.71. The molecule has 0 radical (unpaired) electrons. The van der Waals surface area contributed by atoms with Crippen LogP contribution in [-0.2, 0) is 4.79 Å². The van der Waals surface area contributed by atoms with Crippen LogP contribution < -0.4 is 15.4 Å². The molecule has 0 unspecified atom stereocenters. The first-order chi connectivity index (χ1) is 7.25. The molecule has 15 heavy (non-hydrogen) atoms. The van der Waals surface area contributed by atoms with Crippen molar-refractivity contribution in [2.75, 3.05) is 17.7 Å². The lowest BCUT2D eigenvalue weighted by Crippen LogP contribution is -2.41. The summed E-state index contributed by atoms with van der Waals surface area (Å²) < 4.78 is 5.26. The molecule has 1 aromatic carbocycles. The quantitative estimate of drug-likeness (QED) is 0.730. The van der Waals surface area contributed by atoms with Crippen LogP contribution in [0.1, 0.15) is 12.8 Å². The summed E-state index contributed by atoms with van der Waals surface area (Å²) in [7, 11) is 1.63. The molecule has 1 saturated carbocycles. The summed E-state index contributed by atoms with van der Waals surface area (Å²) in [6.45, 7) is 0. The molecule has 0 aromatic heterocycles. The normalized spacial score (nSPS) is 20.2. The highest BCUT2D eigenvalue weighted by Gasteiger charge is 2.52. The van der Waals surface area contributed by atoms with Crippen molar-refractivity contribution in [3.63, 3.8) is 0 Å². The van der Waals surface area contributed by atoms with E-state index < -0.39 is 0 Å². The van der Waals surface area contributed by atoms with Gasteiger partial charge in [-0.1, -0.05) is 6.07 Å². The summed E-state index contributed by atoms with van der Waals surface area (Å²) in [5.41, 5.74) is 1.34. The zero-order valence-electron chi connectivity index (χ0n) is 8.46. The summed E-state index contributed by atoms with van der Waals surface area (Å²) in [6.07, 6.45) is 1.80. The van der Waals surface area contributed by atoms with Gasteiger partial charge in [-0.05, 0) is 25.0 Å². The Labute approximate surface area is 87.6 Å². The molecular formula is C11H12N2O2. The summed E-state index contributed by atoms with van der Waals surface area (Å²) in [5.74, 6) is 0.849. The largest absolute Gasteiger partial charge is 0.495 e. The van der Waals surface area contributed by atoms with Gasteiger partial charge in [-0.15, -0.1) is 0 Å². The van der Waals surface area contributed by atoms with Crippen LogP contribution >= 0.6 is 0 Å². The third-order valence-corrected chi connectivity index (χ3v) is 3.04. The Morgan fingerprint density at radius 1 is 1.40 bits per heavy atom. The van der Waals surface area contributed by atoms with Crippen LogP contribution in [-0.4, -0.2) is 18.6 Å². The van der Waals surface area contributed by atoms with E-state index >= 15 is 0 Å². The third kappa shape index (κ3) is 1.11. The number of fused-ring (bicyclic) bond motifs is 1. The van der Waals surface area contributed by atoms with Crippen LogP contribution in [0, 0.1) is 0 Å². The summed E-state index contributed by atoms with van der Waals surface area (Å²) in [4.78, 5) is 11.7. The maximum absolute atomic E-state index is 11.7. The van der Waals surface area contributed by atoms with Gasteiger partial charge >= 0.3 is 0 Å². The molecule has 1 aliphatic heterocycles. The number of hydrogen-bond acceptors (Lipinski definition) is 3. The maximum atomic E-state index is 11.7. The zero-order valence-corrected chi connectivity index (χ0v) is 8.46. The van der Waals surface area contributed by atoms with E-state index in [9.17, 15) is 4.79 Å². The van der Waals surface area contributed by atoms with Crippen LogP contribution in [0.4, 0.5) is 11.4 Å². The van der Waals surface area contributed by atoms with Crippen LogP contribution in [0.25, 0.3) is 0 Å². The van der Waals surface area contributed by atoms with E-state index in [1.807, 2.05) is 18.2 Å². The second kappa shape index (κ2) is 2.66. The second-order valence-corrected chi connectivity index (χ2v) is 4.04. The van der Waals surface area contributed by atoms with Crippen LogP contribution in [0.15, 0.2) is 18.2 Å². The molecule has 78 valence electrons. The van der Waals surface area contributed by atoms with Crippen molar-refractivity contribution in [3.8, 4) is 5.75 Å². The summed E-state index contributed by atoms with van der Waals surface area (Å²) in [5, 5.41) is 6.19. The number of rotatable bonds is 1. The van der Waals surface area contributed by atoms with Gasteiger partial charge in [0.2, 0.25) is 5.91 Å². The Balaban J connectivity index is 2.09. The molecule has 3 rings (SSSR count). The first-order valence-corrected chi connectivity index (χ1v) is 5.02. The van der Waals surface area contributed by atoms with E-state index in [1.54, 1.807) is 7.11 Å². The monoisotopic (exact) mass is 204 g/mol. The van der Waals surface area contributed by atoms with Crippen molar-refractivity contribution in [3.05, 3.63) is 18.2 Å². The molecule has 0 saturated heterocycles. The molecule has 2 N–H and O–H groups in total. The topological polar surface area (TPSA) is 50.4 Å². The fourth-order valence-corrected chi connectivity index (χ4v) is 1.95. The molecule has 1 heterocycles. The Kier molecular flexibility index (Phi) is 1.52. The fraction of sp³-hybridized carbons (Fsp3) is 0.364. The predicted molar refractivity (Wildman–Crippen MR) is 57.2 cm³/mol. The van der Waals surface area contributed by atoms with Gasteiger partial charge in [-0.3, -0.25) is 4.79 Å². The minimum Gasteiger partial charge on any atom is -0.495 e. The molecule has 1 spiro atoms. The molecule has 1 aliphatic carbocycles. The lowest BCUT2D eigenvalue weighted by atomic mass is 10.1. The van der Waals surface area contributed by atoms with Gasteiger partial charge in [0.05, 0.1) is 12.8 Å². The Bertz CT molecular complexity index is 438. The average molecular weight is 204 g/mol. The van der Waals surface area contributed by atoms with Gasteiger partial charge in [0.15, 0.2) is 0 Å². The number of benzene rings is 1. The van der Waals surface area contributed by atoms with E-state index in [0.29, 0.717) is 0 Å². The number of nitrogens with one attached hydrogen (secondary N) is 2. The Morgan fingerprint density at radius 2 is 2.20 bits per heavy atom.